The average molecular weight is 354 g/mol. The number of ether oxygens (including phenoxy) is 1. The summed E-state index contributed by atoms with van der Waals surface area (Å²) >= 11 is 0. The molecule has 1 aliphatic heterocycles. The molecule has 0 amide bonds. The third-order valence-corrected chi connectivity index (χ3v) is 6.29. The van der Waals surface area contributed by atoms with E-state index in [-0.39, 0.29) is 21.8 Å². The first-order valence-electron chi connectivity index (χ1n) is 6.36. The lowest BCUT2D eigenvalue weighted by atomic mass is 10.0. The Hall–Kier alpha value is -0.670. The van der Waals surface area contributed by atoms with E-state index in [1.807, 2.05) is 6.92 Å². The van der Waals surface area contributed by atoms with Gasteiger partial charge in [0.05, 0.1) is 15.9 Å². The monoisotopic (exact) mass is 353 g/mol. The Morgan fingerprint density at radius 3 is 2.24 bits per heavy atom. The second-order valence-corrected chi connectivity index (χ2v) is 9.22. The first-order chi connectivity index (χ1) is 9.70. The van der Waals surface area contributed by atoms with Crippen molar-refractivity contribution in [2.75, 3.05) is 13.2 Å². The second-order valence-electron chi connectivity index (χ2n) is 4.89. The van der Waals surface area contributed by atoms with Crippen LogP contribution in [0.1, 0.15) is 13.3 Å². The number of sulfonamides is 1. The van der Waals surface area contributed by atoms with Gasteiger partial charge in [0.25, 0.3) is 9.05 Å². The maximum absolute atomic E-state index is 12.1. The summed E-state index contributed by atoms with van der Waals surface area (Å²) in [6, 6.07) is 4.76. The van der Waals surface area contributed by atoms with Crippen LogP contribution in [0.2, 0.25) is 0 Å². The summed E-state index contributed by atoms with van der Waals surface area (Å²) in [5.41, 5.74) is 0. The molecule has 21 heavy (non-hydrogen) atoms. The molecular weight excluding hydrogens is 338 g/mol. The van der Waals surface area contributed by atoms with Crippen LogP contribution in [-0.2, 0) is 23.8 Å². The normalized spacial score (nSPS) is 23.3. The maximum atomic E-state index is 12.1. The molecule has 9 heteroatoms. The van der Waals surface area contributed by atoms with Crippen LogP contribution in [0, 0.1) is 5.92 Å². The van der Waals surface area contributed by atoms with Gasteiger partial charge in [0.15, 0.2) is 0 Å². The van der Waals surface area contributed by atoms with Crippen molar-refractivity contribution >= 4 is 29.8 Å². The fourth-order valence-corrected chi connectivity index (χ4v) is 3.99. The number of halogens is 1. The van der Waals surface area contributed by atoms with Crippen molar-refractivity contribution in [2.45, 2.75) is 29.2 Å². The van der Waals surface area contributed by atoms with Crippen molar-refractivity contribution in [1.82, 2.24) is 4.72 Å². The molecule has 0 radical (unpaired) electrons. The molecule has 1 aromatic rings. The van der Waals surface area contributed by atoms with E-state index in [0.29, 0.717) is 13.2 Å². The van der Waals surface area contributed by atoms with Crippen LogP contribution in [0.15, 0.2) is 34.1 Å². The molecule has 0 aliphatic carbocycles. The summed E-state index contributed by atoms with van der Waals surface area (Å²) in [6.45, 7) is 2.83. The number of hydrogen-bond donors (Lipinski definition) is 1. The van der Waals surface area contributed by atoms with Crippen LogP contribution in [-0.4, -0.2) is 36.1 Å². The molecule has 1 fully saturated rings. The fourth-order valence-electron chi connectivity index (χ4n) is 2.13. The van der Waals surface area contributed by atoms with Crippen molar-refractivity contribution in [3.8, 4) is 0 Å². The summed E-state index contributed by atoms with van der Waals surface area (Å²) in [5, 5.41) is 0. The lowest BCUT2D eigenvalue weighted by molar-refractivity contribution is 0.107. The largest absolute Gasteiger partial charge is 0.378 e. The van der Waals surface area contributed by atoms with Gasteiger partial charge in [-0.1, -0.05) is 0 Å². The van der Waals surface area contributed by atoms with Crippen LogP contribution in [0.4, 0.5) is 0 Å². The minimum absolute atomic E-state index is 0.00173. The smallest absolute Gasteiger partial charge is 0.261 e. The Kier molecular flexibility index (Phi) is 4.94. The fraction of sp³-hybridized carbons (Fsp3) is 0.500. The maximum Gasteiger partial charge on any atom is 0.261 e. The van der Waals surface area contributed by atoms with Gasteiger partial charge < -0.3 is 4.74 Å². The highest BCUT2D eigenvalue weighted by atomic mass is 35.7. The van der Waals surface area contributed by atoms with E-state index in [4.69, 9.17) is 15.4 Å². The average Bonchev–Trinajstić information content (AvgIpc) is 2.81. The van der Waals surface area contributed by atoms with E-state index in [2.05, 4.69) is 4.72 Å². The molecule has 1 heterocycles. The van der Waals surface area contributed by atoms with E-state index in [9.17, 15) is 16.8 Å². The van der Waals surface area contributed by atoms with E-state index < -0.39 is 19.1 Å². The highest BCUT2D eigenvalue weighted by Gasteiger charge is 2.26. The van der Waals surface area contributed by atoms with Gasteiger partial charge in [0, 0.05) is 29.8 Å². The standard InChI is InChI=1S/C12H16ClNO5S2/c1-9-10(6-7-19-9)8-14-21(17,18)12-4-2-11(3-5-12)20(13,15)16/h2-5,9-10,14H,6-8H2,1H3. The molecule has 0 saturated carbocycles. The van der Waals surface area contributed by atoms with Crippen molar-refractivity contribution in [1.29, 1.82) is 0 Å². The summed E-state index contributed by atoms with van der Waals surface area (Å²) in [4.78, 5) is -0.140. The Morgan fingerprint density at radius 2 is 1.76 bits per heavy atom. The first-order valence-corrected chi connectivity index (χ1v) is 10.2. The summed E-state index contributed by atoms with van der Waals surface area (Å²) < 4.78 is 54.4. The van der Waals surface area contributed by atoms with Gasteiger partial charge in [-0.15, -0.1) is 0 Å². The van der Waals surface area contributed by atoms with Gasteiger partial charge >= 0.3 is 0 Å². The van der Waals surface area contributed by atoms with Crippen molar-refractivity contribution < 1.29 is 21.6 Å². The van der Waals surface area contributed by atoms with E-state index >= 15 is 0 Å². The number of hydrogen-bond acceptors (Lipinski definition) is 5. The number of benzene rings is 1. The van der Waals surface area contributed by atoms with Crippen molar-refractivity contribution in [3.63, 3.8) is 0 Å². The molecule has 2 rings (SSSR count). The molecule has 2 unspecified atom stereocenters. The molecule has 0 bridgehead atoms. The summed E-state index contributed by atoms with van der Waals surface area (Å²) in [6.07, 6.45) is 0.837. The zero-order valence-electron chi connectivity index (χ0n) is 11.3. The Balaban J connectivity index is 2.09. The molecule has 1 aromatic carbocycles. The van der Waals surface area contributed by atoms with Gasteiger partial charge in [-0.2, -0.15) is 0 Å². The quantitative estimate of drug-likeness (QED) is 0.806. The van der Waals surface area contributed by atoms with Crippen LogP contribution in [0.3, 0.4) is 0 Å². The lowest BCUT2D eigenvalue weighted by Gasteiger charge is -2.15. The SMILES string of the molecule is CC1OCCC1CNS(=O)(=O)c1ccc(S(=O)(=O)Cl)cc1. The van der Waals surface area contributed by atoms with Crippen LogP contribution in [0.5, 0.6) is 0 Å². The summed E-state index contributed by atoms with van der Waals surface area (Å²) in [5.74, 6) is 0.141. The van der Waals surface area contributed by atoms with Gasteiger partial charge in [-0.3, -0.25) is 0 Å². The van der Waals surface area contributed by atoms with Crippen LogP contribution < -0.4 is 4.72 Å². The molecule has 118 valence electrons. The van der Waals surface area contributed by atoms with Crippen LogP contribution >= 0.6 is 10.7 Å². The van der Waals surface area contributed by atoms with Crippen molar-refractivity contribution in [3.05, 3.63) is 24.3 Å². The van der Waals surface area contributed by atoms with Gasteiger partial charge in [-0.05, 0) is 37.6 Å². The molecule has 2 atom stereocenters. The molecule has 1 aliphatic rings. The number of nitrogens with one attached hydrogen (secondary N) is 1. The van der Waals surface area contributed by atoms with Gasteiger partial charge in [0.1, 0.15) is 0 Å². The van der Waals surface area contributed by atoms with Gasteiger partial charge in [0.2, 0.25) is 10.0 Å². The molecule has 0 spiro atoms. The first kappa shape index (κ1) is 16.7. The number of rotatable bonds is 5. The Bertz CT molecular complexity index is 700. The second kappa shape index (κ2) is 6.21. The van der Waals surface area contributed by atoms with Crippen molar-refractivity contribution in [2.24, 2.45) is 5.92 Å². The molecule has 6 nitrogen and oxygen atoms in total. The van der Waals surface area contributed by atoms with E-state index in [1.165, 1.54) is 12.1 Å². The zero-order valence-corrected chi connectivity index (χ0v) is 13.7. The third-order valence-electron chi connectivity index (χ3n) is 3.48. The minimum Gasteiger partial charge on any atom is -0.378 e. The minimum atomic E-state index is -3.86. The molecule has 0 aromatic heterocycles. The topological polar surface area (TPSA) is 89.5 Å². The lowest BCUT2D eigenvalue weighted by Crippen LogP contribution is -2.32. The van der Waals surface area contributed by atoms with E-state index in [1.54, 1.807) is 0 Å². The zero-order chi connectivity index (χ0) is 15.7. The van der Waals surface area contributed by atoms with Crippen LogP contribution in [0.25, 0.3) is 0 Å². The predicted octanol–water partition coefficient (Wildman–Crippen LogP) is 1.32. The highest BCUT2D eigenvalue weighted by Crippen LogP contribution is 2.21. The third kappa shape index (κ3) is 4.17. The van der Waals surface area contributed by atoms with Gasteiger partial charge in [-0.25, -0.2) is 21.6 Å². The summed E-state index contributed by atoms with van der Waals surface area (Å²) in [7, 11) is -2.35. The highest BCUT2D eigenvalue weighted by molar-refractivity contribution is 8.13. The predicted molar refractivity (Wildman–Crippen MR) is 78.2 cm³/mol. The molecule has 1 saturated heterocycles. The Labute approximate surface area is 128 Å². The molecule has 1 N–H and O–H groups in total. The van der Waals surface area contributed by atoms with E-state index in [0.717, 1.165) is 18.6 Å². The Morgan fingerprint density at radius 1 is 1.19 bits per heavy atom. The molecular formula is C12H16ClNO5S2.